The molecule has 1 aliphatic rings. The van der Waals surface area contributed by atoms with Crippen molar-refractivity contribution in [1.29, 1.82) is 5.26 Å². The van der Waals surface area contributed by atoms with Crippen LogP contribution < -0.4 is 5.56 Å². The minimum Gasteiger partial charge on any atom is -0.268 e. The zero-order valence-electron chi connectivity index (χ0n) is 15.1. The van der Waals surface area contributed by atoms with Gasteiger partial charge in [-0.15, -0.1) is 11.3 Å². The molecule has 1 aliphatic carbocycles. The summed E-state index contributed by atoms with van der Waals surface area (Å²) in [5.74, 6) is 0.597. The average Bonchev–Trinajstić information content (AvgIpc) is 3.05. The van der Waals surface area contributed by atoms with Gasteiger partial charge in [0.25, 0.3) is 11.2 Å². The van der Waals surface area contributed by atoms with Gasteiger partial charge in [-0.25, -0.2) is 4.98 Å². The molecule has 8 heteroatoms. The highest BCUT2D eigenvalue weighted by atomic mass is 32.1. The Morgan fingerprint density at radius 1 is 1.43 bits per heavy atom. The quantitative estimate of drug-likeness (QED) is 0.381. The molecule has 0 fully saturated rings. The molecule has 0 radical (unpaired) electrons. The third-order valence-corrected chi connectivity index (χ3v) is 6.16. The van der Waals surface area contributed by atoms with Gasteiger partial charge in [0, 0.05) is 17.0 Å². The number of aromatic nitrogens is 2. The minimum absolute atomic E-state index is 0.0324. The molecule has 1 atom stereocenters. The van der Waals surface area contributed by atoms with Crippen LogP contribution in [-0.4, -0.2) is 14.5 Å². The minimum atomic E-state index is -0.485. The molecule has 1 aromatic carbocycles. The second kappa shape index (κ2) is 7.02. The van der Waals surface area contributed by atoms with E-state index in [1.807, 2.05) is 6.07 Å². The van der Waals surface area contributed by atoms with Crippen LogP contribution in [0, 0.1) is 27.4 Å². The lowest BCUT2D eigenvalue weighted by Gasteiger charge is -2.17. The fourth-order valence-electron chi connectivity index (χ4n) is 3.51. The van der Waals surface area contributed by atoms with Gasteiger partial charge in [0.15, 0.2) is 0 Å². The smallest absolute Gasteiger partial charge is 0.268 e. The summed E-state index contributed by atoms with van der Waals surface area (Å²) in [5.41, 5.74) is 1.51. The fraction of sp³-hybridized carbons (Fsp3) is 0.250. The van der Waals surface area contributed by atoms with Crippen LogP contribution in [-0.2, 0) is 12.8 Å². The molecule has 7 nitrogen and oxygen atoms in total. The molecule has 0 aliphatic heterocycles. The third kappa shape index (κ3) is 3.10. The van der Waals surface area contributed by atoms with E-state index in [2.05, 4.69) is 11.9 Å². The van der Waals surface area contributed by atoms with E-state index < -0.39 is 4.92 Å². The van der Waals surface area contributed by atoms with Gasteiger partial charge < -0.3 is 0 Å². The molecule has 0 amide bonds. The molecule has 0 bridgehead atoms. The Labute approximate surface area is 164 Å². The number of fused-ring (bicyclic) bond motifs is 3. The van der Waals surface area contributed by atoms with Crippen molar-refractivity contribution in [2.45, 2.75) is 26.2 Å². The van der Waals surface area contributed by atoms with Crippen LogP contribution >= 0.6 is 11.3 Å². The van der Waals surface area contributed by atoms with Crippen LogP contribution in [0.15, 0.2) is 35.4 Å². The summed E-state index contributed by atoms with van der Waals surface area (Å²) >= 11 is 1.56. The predicted molar refractivity (Wildman–Crippen MR) is 108 cm³/mol. The summed E-state index contributed by atoms with van der Waals surface area (Å²) in [4.78, 5) is 29.8. The topological polar surface area (TPSA) is 102 Å². The van der Waals surface area contributed by atoms with E-state index in [0.29, 0.717) is 21.7 Å². The van der Waals surface area contributed by atoms with Gasteiger partial charge in [0.2, 0.25) is 0 Å². The molecule has 0 unspecified atom stereocenters. The number of non-ortho nitro benzene ring substituents is 1. The van der Waals surface area contributed by atoms with Crippen molar-refractivity contribution >= 4 is 39.0 Å². The number of aryl methyl sites for hydroxylation is 1. The first-order valence-corrected chi connectivity index (χ1v) is 9.68. The van der Waals surface area contributed by atoms with Gasteiger partial charge >= 0.3 is 0 Å². The third-order valence-electron chi connectivity index (χ3n) is 5.00. The number of benzene rings is 1. The highest BCUT2D eigenvalue weighted by Crippen LogP contribution is 2.35. The van der Waals surface area contributed by atoms with Gasteiger partial charge in [0.05, 0.1) is 10.3 Å². The number of nitro groups is 1. The molecule has 140 valence electrons. The van der Waals surface area contributed by atoms with E-state index in [9.17, 15) is 20.2 Å². The maximum Gasteiger partial charge on any atom is 0.269 e. The SMILES string of the molecule is C[C@H]1CCc2c(sc3ncn(/C(C#N)=C\c4ccc([N+](=O)[O-])cc4)c(=O)c23)C1. The molecule has 2 aromatic heterocycles. The molecule has 0 N–H and O–H groups in total. The normalized spacial score (nSPS) is 16.6. The summed E-state index contributed by atoms with van der Waals surface area (Å²) in [5, 5.41) is 21.0. The predicted octanol–water partition coefficient (Wildman–Crippen LogP) is 4.01. The average molecular weight is 392 g/mol. The van der Waals surface area contributed by atoms with Crippen molar-refractivity contribution in [1.82, 2.24) is 9.55 Å². The monoisotopic (exact) mass is 392 g/mol. The Hall–Kier alpha value is -3.31. The zero-order valence-corrected chi connectivity index (χ0v) is 15.9. The number of nitriles is 1. The standard InChI is InChI=1S/C20H16N4O3S/c1-12-2-7-16-17(8-12)28-19-18(16)20(25)23(11-22-19)15(10-21)9-13-3-5-14(6-4-13)24(26)27/h3-6,9,11-12H,2,7-8H2,1H3/b15-9-/t12-/m0/s1. The van der Waals surface area contributed by atoms with Crippen LogP contribution in [0.5, 0.6) is 0 Å². The lowest BCUT2D eigenvalue weighted by Crippen LogP contribution is -2.20. The molecule has 4 rings (SSSR count). The Kier molecular flexibility index (Phi) is 4.53. The molecule has 3 aromatic rings. The molecule has 0 spiro atoms. The zero-order chi connectivity index (χ0) is 19.8. The summed E-state index contributed by atoms with van der Waals surface area (Å²) in [7, 11) is 0. The van der Waals surface area contributed by atoms with Crippen LogP contribution in [0.2, 0.25) is 0 Å². The van der Waals surface area contributed by atoms with Gasteiger partial charge in [-0.3, -0.25) is 19.5 Å². The number of rotatable bonds is 3. The number of thiophene rings is 1. The Balaban J connectivity index is 1.81. The Morgan fingerprint density at radius 2 is 2.18 bits per heavy atom. The summed E-state index contributed by atoms with van der Waals surface area (Å²) in [6, 6.07) is 7.85. The maximum absolute atomic E-state index is 13.1. The molecule has 0 saturated heterocycles. The number of hydrogen-bond acceptors (Lipinski definition) is 6. The van der Waals surface area contributed by atoms with Crippen molar-refractivity contribution < 1.29 is 4.92 Å². The lowest BCUT2D eigenvalue weighted by molar-refractivity contribution is -0.384. The molecule has 2 heterocycles. The van der Waals surface area contributed by atoms with Crippen LogP contribution in [0.4, 0.5) is 5.69 Å². The number of nitrogens with zero attached hydrogens (tertiary/aromatic N) is 4. The van der Waals surface area contributed by atoms with E-state index in [1.165, 1.54) is 34.0 Å². The highest BCUT2D eigenvalue weighted by molar-refractivity contribution is 7.18. The molecular formula is C20H16N4O3S. The summed E-state index contributed by atoms with van der Waals surface area (Å²) in [6.45, 7) is 2.21. The van der Waals surface area contributed by atoms with Crippen LogP contribution in [0.25, 0.3) is 22.0 Å². The molecule has 0 saturated carbocycles. The van der Waals surface area contributed by atoms with Crippen molar-refractivity contribution in [2.75, 3.05) is 0 Å². The van der Waals surface area contributed by atoms with Crippen LogP contribution in [0.3, 0.4) is 0 Å². The van der Waals surface area contributed by atoms with E-state index in [1.54, 1.807) is 23.5 Å². The fourth-order valence-corrected chi connectivity index (χ4v) is 4.85. The largest absolute Gasteiger partial charge is 0.269 e. The first-order valence-electron chi connectivity index (χ1n) is 8.86. The lowest BCUT2D eigenvalue weighted by atomic mass is 9.89. The van der Waals surface area contributed by atoms with Crippen LogP contribution in [0.1, 0.15) is 29.3 Å². The van der Waals surface area contributed by atoms with Crippen molar-refractivity contribution in [3.8, 4) is 6.07 Å². The number of hydrogen-bond donors (Lipinski definition) is 0. The summed E-state index contributed by atoms with van der Waals surface area (Å²) in [6.07, 6.45) is 5.76. The van der Waals surface area contributed by atoms with E-state index in [4.69, 9.17) is 0 Å². The van der Waals surface area contributed by atoms with E-state index in [0.717, 1.165) is 24.8 Å². The second-order valence-corrected chi connectivity index (χ2v) is 8.03. The van der Waals surface area contributed by atoms with E-state index in [-0.39, 0.29) is 16.9 Å². The van der Waals surface area contributed by atoms with Gasteiger partial charge in [-0.1, -0.05) is 6.92 Å². The van der Waals surface area contributed by atoms with Crippen molar-refractivity contribution in [3.05, 3.63) is 67.1 Å². The summed E-state index contributed by atoms with van der Waals surface area (Å²) < 4.78 is 1.26. The highest BCUT2D eigenvalue weighted by Gasteiger charge is 2.23. The van der Waals surface area contributed by atoms with Gasteiger partial charge in [-0.05, 0) is 54.5 Å². The maximum atomic E-state index is 13.1. The Bertz CT molecular complexity index is 1220. The van der Waals surface area contributed by atoms with Gasteiger partial charge in [0.1, 0.15) is 22.9 Å². The number of nitro benzene ring substituents is 1. The molecular weight excluding hydrogens is 376 g/mol. The van der Waals surface area contributed by atoms with Crippen molar-refractivity contribution in [2.24, 2.45) is 5.92 Å². The first kappa shape index (κ1) is 18.1. The molecule has 28 heavy (non-hydrogen) atoms. The van der Waals surface area contributed by atoms with Gasteiger partial charge in [-0.2, -0.15) is 5.26 Å². The second-order valence-electron chi connectivity index (χ2n) is 6.94. The van der Waals surface area contributed by atoms with Crippen molar-refractivity contribution in [3.63, 3.8) is 0 Å². The first-order chi connectivity index (χ1) is 13.5. The van der Waals surface area contributed by atoms with E-state index >= 15 is 0 Å². The Morgan fingerprint density at radius 3 is 2.86 bits per heavy atom. The number of allylic oxidation sites excluding steroid dienone is 1.